The number of carbonyl (C=O) groups excluding carboxylic acids is 1. The summed E-state index contributed by atoms with van der Waals surface area (Å²) in [6, 6.07) is 10.9. The highest BCUT2D eigenvalue weighted by molar-refractivity contribution is 5.78. The molecule has 6 heteroatoms. The zero-order valence-electron chi connectivity index (χ0n) is 14.3. The zero-order valence-corrected chi connectivity index (χ0v) is 14.3. The van der Waals surface area contributed by atoms with Crippen molar-refractivity contribution in [3.05, 3.63) is 53.7 Å². The first-order valence-electron chi connectivity index (χ1n) is 8.82. The van der Waals surface area contributed by atoms with Gasteiger partial charge in [-0.1, -0.05) is 41.6 Å². The summed E-state index contributed by atoms with van der Waals surface area (Å²) in [6.45, 7) is 2.29. The van der Waals surface area contributed by atoms with Gasteiger partial charge in [0.25, 0.3) is 0 Å². The molecule has 1 saturated heterocycles. The van der Waals surface area contributed by atoms with Crippen molar-refractivity contribution in [1.82, 2.24) is 20.4 Å². The number of fused-ring (bicyclic) bond motifs is 2. The summed E-state index contributed by atoms with van der Waals surface area (Å²) < 4.78 is 5.07. The zero-order chi connectivity index (χ0) is 17.2. The summed E-state index contributed by atoms with van der Waals surface area (Å²) in [4.78, 5) is 18.8. The molecule has 0 radical (unpaired) electrons. The molecule has 2 bridgehead atoms. The van der Waals surface area contributed by atoms with Crippen molar-refractivity contribution in [3.63, 3.8) is 0 Å². The smallest absolute Gasteiger partial charge is 0.318 e. The van der Waals surface area contributed by atoms with Crippen LogP contribution in [0.4, 0.5) is 4.79 Å². The first-order chi connectivity index (χ1) is 12.2. The number of hydrogen-bond acceptors (Lipinski definition) is 4. The van der Waals surface area contributed by atoms with Crippen molar-refractivity contribution in [3.8, 4) is 0 Å². The van der Waals surface area contributed by atoms with Crippen LogP contribution in [0.15, 0.2) is 40.9 Å². The fourth-order valence-electron chi connectivity index (χ4n) is 3.82. The Labute approximate surface area is 146 Å². The Bertz CT molecular complexity index is 784. The lowest BCUT2D eigenvalue weighted by Gasteiger charge is -2.34. The second kappa shape index (κ2) is 6.70. The standard InChI is InChI=1S/C19H22N4O2/c1-13-21-18(25-22-13)9-10-20-19(24)23-16-7-8-17(23)12-15(11-16)14-5-3-2-4-6-14/h2-6,11,16-17H,7-10,12H2,1H3,(H,20,24). The summed E-state index contributed by atoms with van der Waals surface area (Å²) >= 11 is 0. The van der Waals surface area contributed by atoms with Gasteiger partial charge in [0.1, 0.15) is 0 Å². The largest absolute Gasteiger partial charge is 0.339 e. The summed E-state index contributed by atoms with van der Waals surface area (Å²) in [7, 11) is 0. The maximum Gasteiger partial charge on any atom is 0.318 e. The lowest BCUT2D eigenvalue weighted by atomic mass is 9.95. The molecule has 1 aromatic heterocycles. The van der Waals surface area contributed by atoms with E-state index in [1.54, 1.807) is 6.92 Å². The van der Waals surface area contributed by atoms with E-state index in [9.17, 15) is 4.79 Å². The summed E-state index contributed by atoms with van der Waals surface area (Å²) in [5.41, 5.74) is 2.63. The van der Waals surface area contributed by atoms with Crippen LogP contribution in [-0.2, 0) is 6.42 Å². The number of hydrogen-bond donors (Lipinski definition) is 1. The van der Waals surface area contributed by atoms with Gasteiger partial charge in [-0.15, -0.1) is 0 Å². The molecular formula is C19H22N4O2. The van der Waals surface area contributed by atoms with Crippen LogP contribution in [0.1, 0.15) is 36.5 Å². The number of rotatable bonds is 4. The number of aryl methyl sites for hydroxylation is 1. The minimum atomic E-state index is 0.00657. The molecule has 2 aromatic rings. The van der Waals surface area contributed by atoms with E-state index in [1.807, 2.05) is 11.0 Å². The van der Waals surface area contributed by atoms with E-state index in [-0.39, 0.29) is 18.1 Å². The fourth-order valence-corrected chi connectivity index (χ4v) is 3.82. The van der Waals surface area contributed by atoms with Crippen molar-refractivity contribution >= 4 is 11.6 Å². The average molecular weight is 338 g/mol. The molecule has 2 aliphatic rings. The molecule has 6 nitrogen and oxygen atoms in total. The maximum atomic E-state index is 12.6. The molecular weight excluding hydrogens is 316 g/mol. The molecule has 3 heterocycles. The Balaban J connectivity index is 1.38. The van der Waals surface area contributed by atoms with Crippen molar-refractivity contribution in [2.45, 2.75) is 44.7 Å². The van der Waals surface area contributed by atoms with Gasteiger partial charge >= 0.3 is 6.03 Å². The summed E-state index contributed by atoms with van der Waals surface area (Å²) in [5, 5.41) is 6.75. The average Bonchev–Trinajstić information content (AvgIpc) is 3.16. The lowest BCUT2D eigenvalue weighted by Crippen LogP contribution is -2.48. The fraction of sp³-hybridized carbons (Fsp3) is 0.421. The van der Waals surface area contributed by atoms with Crippen LogP contribution in [0.2, 0.25) is 0 Å². The van der Waals surface area contributed by atoms with Crippen LogP contribution in [0, 0.1) is 6.92 Å². The Morgan fingerprint density at radius 2 is 2.16 bits per heavy atom. The molecule has 0 aliphatic carbocycles. The molecule has 2 atom stereocenters. The quantitative estimate of drug-likeness (QED) is 0.930. The number of benzene rings is 1. The van der Waals surface area contributed by atoms with Crippen LogP contribution in [-0.4, -0.2) is 39.7 Å². The SMILES string of the molecule is Cc1noc(CCNC(=O)N2C3C=C(c4ccccc4)CC2CC3)n1. The van der Waals surface area contributed by atoms with E-state index in [1.165, 1.54) is 11.1 Å². The highest BCUT2D eigenvalue weighted by atomic mass is 16.5. The van der Waals surface area contributed by atoms with Gasteiger partial charge in [-0.25, -0.2) is 4.79 Å². The first-order valence-corrected chi connectivity index (χ1v) is 8.82. The number of urea groups is 1. The molecule has 25 heavy (non-hydrogen) atoms. The topological polar surface area (TPSA) is 71.3 Å². The minimum Gasteiger partial charge on any atom is -0.339 e. The van der Waals surface area contributed by atoms with E-state index < -0.39 is 0 Å². The van der Waals surface area contributed by atoms with Crippen LogP contribution >= 0.6 is 0 Å². The number of nitrogens with one attached hydrogen (secondary N) is 1. The molecule has 1 aromatic carbocycles. The highest BCUT2D eigenvalue weighted by Crippen LogP contribution is 2.38. The van der Waals surface area contributed by atoms with Crippen molar-refractivity contribution < 1.29 is 9.32 Å². The van der Waals surface area contributed by atoms with Crippen LogP contribution in [0.5, 0.6) is 0 Å². The van der Waals surface area contributed by atoms with Gasteiger partial charge in [-0.2, -0.15) is 4.98 Å². The van der Waals surface area contributed by atoms with Crippen LogP contribution in [0.3, 0.4) is 0 Å². The van der Waals surface area contributed by atoms with E-state index in [0.29, 0.717) is 24.7 Å². The van der Waals surface area contributed by atoms with Gasteiger partial charge < -0.3 is 14.7 Å². The Kier molecular flexibility index (Phi) is 4.26. The second-order valence-corrected chi connectivity index (χ2v) is 6.69. The van der Waals surface area contributed by atoms with E-state index in [4.69, 9.17) is 4.52 Å². The molecule has 1 N–H and O–H groups in total. The second-order valence-electron chi connectivity index (χ2n) is 6.69. The van der Waals surface area contributed by atoms with E-state index >= 15 is 0 Å². The van der Waals surface area contributed by atoms with Crippen molar-refractivity contribution in [1.29, 1.82) is 0 Å². The number of carbonyl (C=O) groups is 1. The molecule has 1 fully saturated rings. The van der Waals surface area contributed by atoms with Crippen LogP contribution < -0.4 is 5.32 Å². The summed E-state index contributed by atoms with van der Waals surface area (Å²) in [5.74, 6) is 1.18. The van der Waals surface area contributed by atoms with Gasteiger partial charge in [0.2, 0.25) is 5.89 Å². The van der Waals surface area contributed by atoms with E-state index in [2.05, 4.69) is 45.8 Å². The predicted molar refractivity (Wildman–Crippen MR) is 93.8 cm³/mol. The Morgan fingerprint density at radius 3 is 2.88 bits per heavy atom. The number of nitrogens with zero attached hydrogens (tertiary/aromatic N) is 3. The summed E-state index contributed by atoms with van der Waals surface area (Å²) in [6.07, 6.45) is 5.85. The molecule has 2 aliphatic heterocycles. The van der Waals surface area contributed by atoms with Gasteiger partial charge in [0.15, 0.2) is 5.82 Å². The third-order valence-electron chi connectivity index (χ3n) is 4.96. The van der Waals surface area contributed by atoms with Crippen molar-refractivity contribution in [2.24, 2.45) is 0 Å². The predicted octanol–water partition coefficient (Wildman–Crippen LogP) is 2.95. The molecule has 0 spiro atoms. The van der Waals surface area contributed by atoms with Gasteiger partial charge in [0.05, 0.1) is 6.04 Å². The number of amides is 2. The van der Waals surface area contributed by atoms with Crippen molar-refractivity contribution in [2.75, 3.05) is 6.54 Å². The molecule has 0 saturated carbocycles. The normalized spacial score (nSPS) is 22.0. The molecule has 2 unspecified atom stereocenters. The van der Waals surface area contributed by atoms with Gasteiger partial charge in [-0.3, -0.25) is 0 Å². The maximum absolute atomic E-state index is 12.6. The molecule has 130 valence electrons. The molecule has 4 rings (SSSR count). The highest BCUT2D eigenvalue weighted by Gasteiger charge is 2.39. The third-order valence-corrected chi connectivity index (χ3v) is 4.96. The van der Waals surface area contributed by atoms with E-state index in [0.717, 1.165) is 19.3 Å². The Hall–Kier alpha value is -2.63. The monoisotopic (exact) mass is 338 g/mol. The molecule has 2 amide bonds. The minimum absolute atomic E-state index is 0.00657. The number of aromatic nitrogens is 2. The third kappa shape index (κ3) is 3.29. The van der Waals surface area contributed by atoms with Gasteiger partial charge in [0, 0.05) is 19.0 Å². The lowest BCUT2D eigenvalue weighted by molar-refractivity contribution is 0.179. The van der Waals surface area contributed by atoms with Crippen LogP contribution in [0.25, 0.3) is 5.57 Å². The first kappa shape index (κ1) is 15.9. The van der Waals surface area contributed by atoms with Gasteiger partial charge in [-0.05, 0) is 37.3 Å². The Morgan fingerprint density at radius 1 is 1.32 bits per heavy atom.